The van der Waals surface area contributed by atoms with E-state index in [1.54, 1.807) is 26.8 Å². The lowest BCUT2D eigenvalue weighted by Crippen LogP contribution is -2.37. The van der Waals surface area contributed by atoms with Gasteiger partial charge in [0.15, 0.2) is 11.5 Å². The highest BCUT2D eigenvalue weighted by atomic mass is 16.7. The summed E-state index contributed by atoms with van der Waals surface area (Å²) in [6.07, 6.45) is 4.47. The zero-order valence-corrected chi connectivity index (χ0v) is 25.6. The van der Waals surface area contributed by atoms with Gasteiger partial charge in [0.2, 0.25) is 0 Å². The third-order valence-corrected chi connectivity index (χ3v) is 6.85. The molecule has 4 atom stereocenters. The van der Waals surface area contributed by atoms with Gasteiger partial charge in [0.25, 0.3) is 0 Å². The van der Waals surface area contributed by atoms with E-state index in [0.29, 0.717) is 18.4 Å². The van der Waals surface area contributed by atoms with Crippen LogP contribution in [0.2, 0.25) is 0 Å². The van der Waals surface area contributed by atoms with Crippen molar-refractivity contribution in [2.45, 2.75) is 123 Å². The molecule has 11 heteroatoms. The molecule has 236 valence electrons. The second-order valence-corrected chi connectivity index (χ2v) is 10.9. The minimum Gasteiger partial charge on any atom is -0.462 e. The Morgan fingerprint density at radius 2 is 1.38 bits per heavy atom. The Labute approximate surface area is 248 Å². The molecule has 1 fully saturated rings. The molecule has 0 bridgehead atoms. The van der Waals surface area contributed by atoms with Crippen LogP contribution in [0.3, 0.4) is 0 Å². The standard InChI is InChI=1S/C31H47NO10/c1-6-11-20(3)39-30(35)41-26-16-15-23(18-27(26)42-31(36)40-21(4)12-7-2)17-25(32)29(34)38-22(5)19-37-28(33)24-13-9-8-10-14-24/h15-16,18,20-22,24-25H,6-14,17,19,32H2,1-5H3/t20-,21?,22?,25-/m0/s1. The zero-order chi connectivity index (χ0) is 31.1. The Morgan fingerprint density at radius 3 is 1.95 bits per heavy atom. The molecular weight excluding hydrogens is 546 g/mol. The number of carbonyl (C=O) groups excluding carboxylic acids is 4. The summed E-state index contributed by atoms with van der Waals surface area (Å²) in [4.78, 5) is 49.6. The quantitative estimate of drug-likeness (QED) is 0.144. The normalized spacial score (nSPS) is 16.3. The summed E-state index contributed by atoms with van der Waals surface area (Å²) in [6.45, 7) is 9.00. The molecule has 2 unspecified atom stereocenters. The van der Waals surface area contributed by atoms with Gasteiger partial charge in [0.05, 0.1) is 5.92 Å². The van der Waals surface area contributed by atoms with Gasteiger partial charge in [-0.15, -0.1) is 0 Å². The van der Waals surface area contributed by atoms with Gasteiger partial charge in [-0.05, 0) is 70.6 Å². The van der Waals surface area contributed by atoms with Crippen molar-refractivity contribution in [3.05, 3.63) is 23.8 Å². The van der Waals surface area contributed by atoms with Gasteiger partial charge in [-0.1, -0.05) is 52.0 Å². The smallest absolute Gasteiger partial charge is 0.462 e. The van der Waals surface area contributed by atoms with E-state index in [2.05, 4.69) is 0 Å². The van der Waals surface area contributed by atoms with Crippen LogP contribution >= 0.6 is 0 Å². The summed E-state index contributed by atoms with van der Waals surface area (Å²) in [5, 5.41) is 0. The van der Waals surface area contributed by atoms with Gasteiger partial charge in [0.1, 0.15) is 31.0 Å². The van der Waals surface area contributed by atoms with Crippen molar-refractivity contribution >= 4 is 24.2 Å². The Bertz CT molecular complexity index is 1020. The molecule has 0 spiro atoms. The van der Waals surface area contributed by atoms with Crippen molar-refractivity contribution < 1.29 is 47.6 Å². The molecule has 0 amide bonds. The SMILES string of the molecule is CCCC(C)OC(=O)Oc1cc(C[C@H](N)C(=O)OC(C)COC(=O)C2CCCCC2)ccc1OC(=O)O[C@@H](C)CCC. The number of hydrogen-bond acceptors (Lipinski definition) is 11. The molecule has 1 aromatic rings. The van der Waals surface area contributed by atoms with Crippen molar-refractivity contribution in [2.75, 3.05) is 6.61 Å². The predicted molar refractivity (Wildman–Crippen MR) is 154 cm³/mol. The fraction of sp³-hybridized carbons (Fsp3) is 0.677. The molecule has 1 aromatic carbocycles. The van der Waals surface area contributed by atoms with E-state index in [1.165, 1.54) is 12.1 Å². The van der Waals surface area contributed by atoms with E-state index in [1.807, 2.05) is 13.8 Å². The number of rotatable bonds is 15. The van der Waals surface area contributed by atoms with E-state index in [4.69, 9.17) is 34.2 Å². The molecule has 11 nitrogen and oxygen atoms in total. The first-order chi connectivity index (χ1) is 20.0. The molecular formula is C31H47NO10. The van der Waals surface area contributed by atoms with Crippen LogP contribution in [0, 0.1) is 5.92 Å². The van der Waals surface area contributed by atoms with Gasteiger partial charge in [0, 0.05) is 0 Å². The molecule has 2 rings (SSSR count). The lowest BCUT2D eigenvalue weighted by molar-refractivity contribution is -0.161. The summed E-state index contributed by atoms with van der Waals surface area (Å²) in [7, 11) is 0. The van der Waals surface area contributed by atoms with Crippen LogP contribution in [0.15, 0.2) is 18.2 Å². The van der Waals surface area contributed by atoms with E-state index in [9.17, 15) is 19.2 Å². The number of esters is 2. The van der Waals surface area contributed by atoms with E-state index >= 15 is 0 Å². The third-order valence-electron chi connectivity index (χ3n) is 6.85. The lowest BCUT2D eigenvalue weighted by Gasteiger charge is -2.22. The van der Waals surface area contributed by atoms with Gasteiger partial charge in [-0.2, -0.15) is 0 Å². The lowest BCUT2D eigenvalue weighted by atomic mass is 9.89. The summed E-state index contributed by atoms with van der Waals surface area (Å²) in [5.41, 5.74) is 6.62. The van der Waals surface area contributed by atoms with Crippen LogP contribution in [0.25, 0.3) is 0 Å². The van der Waals surface area contributed by atoms with Crippen molar-refractivity contribution in [1.82, 2.24) is 0 Å². The van der Waals surface area contributed by atoms with Crippen molar-refractivity contribution in [3.8, 4) is 11.5 Å². The van der Waals surface area contributed by atoms with Gasteiger partial charge in [-0.25, -0.2) is 9.59 Å². The topological polar surface area (TPSA) is 150 Å². The molecule has 1 aliphatic carbocycles. The molecule has 0 heterocycles. The fourth-order valence-electron chi connectivity index (χ4n) is 4.64. The average Bonchev–Trinajstić information content (AvgIpc) is 2.93. The zero-order valence-electron chi connectivity index (χ0n) is 25.6. The Balaban J connectivity index is 2.02. The van der Waals surface area contributed by atoms with Gasteiger partial charge >= 0.3 is 24.2 Å². The first kappa shape index (κ1) is 34.9. The molecule has 1 aliphatic rings. The van der Waals surface area contributed by atoms with E-state index in [0.717, 1.165) is 44.9 Å². The molecule has 42 heavy (non-hydrogen) atoms. The Morgan fingerprint density at radius 1 is 0.810 bits per heavy atom. The number of nitrogens with two attached hydrogens (primary N) is 1. The van der Waals surface area contributed by atoms with Gasteiger partial charge < -0.3 is 34.2 Å². The highest BCUT2D eigenvalue weighted by Gasteiger charge is 2.25. The Kier molecular flexibility index (Phi) is 15.1. The average molecular weight is 594 g/mol. The molecule has 0 aliphatic heterocycles. The summed E-state index contributed by atoms with van der Waals surface area (Å²) < 4.78 is 31.9. The highest BCUT2D eigenvalue weighted by Crippen LogP contribution is 2.30. The minimum absolute atomic E-state index is 0.0311. The summed E-state index contributed by atoms with van der Waals surface area (Å²) >= 11 is 0. The fourth-order valence-corrected chi connectivity index (χ4v) is 4.64. The monoisotopic (exact) mass is 593 g/mol. The number of ether oxygens (including phenoxy) is 6. The first-order valence-corrected chi connectivity index (χ1v) is 15.0. The summed E-state index contributed by atoms with van der Waals surface area (Å²) in [6, 6.07) is 3.38. The minimum atomic E-state index is -1.06. The van der Waals surface area contributed by atoms with Crippen molar-refractivity contribution in [3.63, 3.8) is 0 Å². The number of carbonyl (C=O) groups is 4. The first-order valence-electron chi connectivity index (χ1n) is 15.0. The third kappa shape index (κ3) is 12.7. The predicted octanol–water partition coefficient (Wildman–Crippen LogP) is 6.02. The molecule has 2 N–H and O–H groups in total. The van der Waals surface area contributed by atoms with Crippen molar-refractivity contribution in [2.24, 2.45) is 11.7 Å². The molecule has 1 saturated carbocycles. The molecule has 0 saturated heterocycles. The van der Waals surface area contributed by atoms with E-state index < -0.39 is 30.4 Å². The maximum atomic E-state index is 12.6. The Hall–Kier alpha value is -3.34. The second kappa shape index (κ2) is 18.3. The van der Waals surface area contributed by atoms with Crippen LogP contribution in [-0.4, -0.2) is 55.2 Å². The van der Waals surface area contributed by atoms with Gasteiger partial charge in [-0.3, -0.25) is 9.59 Å². The van der Waals surface area contributed by atoms with Crippen molar-refractivity contribution in [1.29, 1.82) is 0 Å². The molecule has 0 radical (unpaired) electrons. The maximum Gasteiger partial charge on any atom is 0.514 e. The molecule has 0 aromatic heterocycles. The van der Waals surface area contributed by atoms with Crippen LogP contribution < -0.4 is 15.2 Å². The number of benzene rings is 1. The van der Waals surface area contributed by atoms with Crippen LogP contribution in [0.5, 0.6) is 11.5 Å². The largest absolute Gasteiger partial charge is 0.514 e. The summed E-state index contributed by atoms with van der Waals surface area (Å²) in [5.74, 6) is -1.19. The van der Waals surface area contributed by atoms with Crippen LogP contribution in [0.4, 0.5) is 9.59 Å². The van der Waals surface area contributed by atoms with E-state index in [-0.39, 0.29) is 48.6 Å². The van der Waals surface area contributed by atoms with Crippen LogP contribution in [0.1, 0.15) is 98.0 Å². The highest BCUT2D eigenvalue weighted by molar-refractivity contribution is 5.76. The van der Waals surface area contributed by atoms with Crippen LogP contribution in [-0.2, 0) is 35.0 Å². The maximum absolute atomic E-state index is 12.6. The second-order valence-electron chi connectivity index (χ2n) is 10.9. The number of hydrogen-bond donors (Lipinski definition) is 1.